The van der Waals surface area contributed by atoms with E-state index in [1.807, 2.05) is 12.1 Å². The van der Waals surface area contributed by atoms with Crippen molar-refractivity contribution < 1.29 is 4.74 Å². The lowest BCUT2D eigenvalue weighted by Gasteiger charge is -2.27. The molecule has 2 aromatic carbocycles. The summed E-state index contributed by atoms with van der Waals surface area (Å²) >= 11 is 0. The lowest BCUT2D eigenvalue weighted by molar-refractivity contribution is 0.136. The molecular formula is C17H21NO. The Bertz CT molecular complexity index is 570. The Labute approximate surface area is 114 Å². The molecule has 1 fully saturated rings. The van der Waals surface area contributed by atoms with E-state index >= 15 is 0 Å². The molecule has 0 amide bonds. The van der Waals surface area contributed by atoms with Gasteiger partial charge in [0.05, 0.1) is 6.10 Å². The lowest BCUT2D eigenvalue weighted by Crippen LogP contribution is -2.22. The van der Waals surface area contributed by atoms with Crippen LogP contribution in [0.2, 0.25) is 0 Å². The molecule has 0 aliphatic heterocycles. The van der Waals surface area contributed by atoms with Crippen LogP contribution in [0.25, 0.3) is 10.8 Å². The molecule has 0 aromatic heterocycles. The van der Waals surface area contributed by atoms with E-state index in [2.05, 4.69) is 31.2 Å². The van der Waals surface area contributed by atoms with Gasteiger partial charge >= 0.3 is 0 Å². The third kappa shape index (κ3) is 2.67. The van der Waals surface area contributed by atoms with Gasteiger partial charge in [0.2, 0.25) is 0 Å². The highest BCUT2D eigenvalue weighted by Gasteiger charge is 2.19. The van der Waals surface area contributed by atoms with Crippen LogP contribution in [0.3, 0.4) is 0 Å². The van der Waals surface area contributed by atoms with Gasteiger partial charge < -0.3 is 10.5 Å². The Balaban J connectivity index is 1.80. The molecular weight excluding hydrogens is 234 g/mol. The second-order valence-electron chi connectivity index (χ2n) is 5.73. The number of benzene rings is 2. The summed E-state index contributed by atoms with van der Waals surface area (Å²) in [6.45, 7) is 2.33. The van der Waals surface area contributed by atoms with Gasteiger partial charge in [0.15, 0.2) is 0 Å². The minimum absolute atomic E-state index is 0.374. The number of hydrogen-bond donors (Lipinski definition) is 1. The van der Waals surface area contributed by atoms with Crippen molar-refractivity contribution in [3.05, 3.63) is 36.4 Å². The molecule has 100 valence electrons. The predicted octanol–water partition coefficient (Wildman–Crippen LogP) is 4.38. The first kappa shape index (κ1) is 12.3. The summed E-state index contributed by atoms with van der Waals surface area (Å²) in [5, 5.41) is 2.26. The van der Waals surface area contributed by atoms with Crippen LogP contribution in [0.15, 0.2) is 36.4 Å². The Hall–Kier alpha value is -1.70. The Morgan fingerprint density at radius 2 is 1.84 bits per heavy atom. The average molecular weight is 255 g/mol. The van der Waals surface area contributed by atoms with Crippen LogP contribution in [-0.2, 0) is 0 Å². The van der Waals surface area contributed by atoms with Crippen molar-refractivity contribution in [1.82, 2.24) is 0 Å². The maximum Gasteiger partial charge on any atom is 0.120 e. The standard InChI is InChI=1S/C17H21NO/c1-12-5-8-14(9-6-12)19-15-10-7-13-3-2-4-17(18)16(13)11-15/h2-4,7,10-12,14H,5-6,8-9,18H2,1H3. The molecule has 2 N–H and O–H groups in total. The van der Waals surface area contributed by atoms with E-state index in [0.717, 1.165) is 22.7 Å². The van der Waals surface area contributed by atoms with Crippen LogP contribution in [0.1, 0.15) is 32.6 Å². The number of ether oxygens (including phenoxy) is 1. The van der Waals surface area contributed by atoms with Crippen molar-refractivity contribution >= 4 is 16.5 Å². The normalized spacial score (nSPS) is 23.4. The van der Waals surface area contributed by atoms with Crippen molar-refractivity contribution in [2.75, 3.05) is 5.73 Å². The van der Waals surface area contributed by atoms with Crippen LogP contribution in [0.5, 0.6) is 5.75 Å². The second kappa shape index (κ2) is 5.12. The average Bonchev–Trinajstić information content (AvgIpc) is 2.42. The number of nitrogen functional groups attached to an aromatic ring is 1. The number of anilines is 1. The molecule has 0 radical (unpaired) electrons. The first-order chi connectivity index (χ1) is 9.22. The summed E-state index contributed by atoms with van der Waals surface area (Å²) in [5.74, 6) is 1.80. The summed E-state index contributed by atoms with van der Waals surface area (Å²) in [4.78, 5) is 0. The first-order valence-corrected chi connectivity index (χ1v) is 7.17. The third-order valence-corrected chi connectivity index (χ3v) is 4.15. The van der Waals surface area contributed by atoms with E-state index in [4.69, 9.17) is 10.5 Å². The van der Waals surface area contributed by atoms with E-state index in [1.54, 1.807) is 0 Å². The highest BCUT2D eigenvalue weighted by atomic mass is 16.5. The fourth-order valence-corrected chi connectivity index (χ4v) is 2.89. The molecule has 0 heterocycles. The van der Waals surface area contributed by atoms with Gasteiger partial charge in [0.1, 0.15) is 5.75 Å². The summed E-state index contributed by atoms with van der Waals surface area (Å²) in [7, 11) is 0. The summed E-state index contributed by atoms with van der Waals surface area (Å²) in [6.07, 6.45) is 5.27. The number of rotatable bonds is 2. The monoisotopic (exact) mass is 255 g/mol. The molecule has 2 heteroatoms. The van der Waals surface area contributed by atoms with Crippen LogP contribution < -0.4 is 10.5 Å². The highest BCUT2D eigenvalue weighted by molar-refractivity contribution is 5.93. The third-order valence-electron chi connectivity index (χ3n) is 4.15. The van der Waals surface area contributed by atoms with E-state index in [-0.39, 0.29) is 0 Å². The first-order valence-electron chi connectivity index (χ1n) is 7.17. The fraction of sp³-hybridized carbons (Fsp3) is 0.412. The van der Waals surface area contributed by atoms with Crippen LogP contribution in [0, 0.1) is 5.92 Å². The zero-order valence-corrected chi connectivity index (χ0v) is 11.4. The smallest absolute Gasteiger partial charge is 0.120 e. The van der Waals surface area contributed by atoms with Crippen molar-refractivity contribution in [3.63, 3.8) is 0 Å². The number of hydrogen-bond acceptors (Lipinski definition) is 2. The predicted molar refractivity (Wildman–Crippen MR) is 80.4 cm³/mol. The van der Waals surface area contributed by atoms with Gasteiger partial charge in [-0.3, -0.25) is 0 Å². The van der Waals surface area contributed by atoms with Gasteiger partial charge in [0, 0.05) is 11.1 Å². The maximum absolute atomic E-state index is 6.11. The zero-order valence-electron chi connectivity index (χ0n) is 11.4. The molecule has 0 bridgehead atoms. The number of fused-ring (bicyclic) bond motifs is 1. The van der Waals surface area contributed by atoms with Crippen LogP contribution in [0.4, 0.5) is 5.69 Å². The molecule has 0 unspecified atom stereocenters. The van der Waals surface area contributed by atoms with Crippen LogP contribution in [-0.4, -0.2) is 6.10 Å². The molecule has 0 saturated heterocycles. The summed E-state index contributed by atoms with van der Waals surface area (Å²) in [5.41, 5.74) is 6.84. The van der Waals surface area contributed by atoms with Crippen molar-refractivity contribution in [2.24, 2.45) is 5.92 Å². The van der Waals surface area contributed by atoms with Gasteiger partial charge in [-0.25, -0.2) is 0 Å². The summed E-state index contributed by atoms with van der Waals surface area (Å²) < 4.78 is 6.11. The fourth-order valence-electron chi connectivity index (χ4n) is 2.89. The molecule has 0 atom stereocenters. The lowest BCUT2D eigenvalue weighted by atomic mass is 9.89. The van der Waals surface area contributed by atoms with Crippen molar-refractivity contribution in [3.8, 4) is 5.75 Å². The molecule has 2 nitrogen and oxygen atoms in total. The molecule has 1 saturated carbocycles. The van der Waals surface area contributed by atoms with Crippen molar-refractivity contribution in [1.29, 1.82) is 0 Å². The van der Waals surface area contributed by atoms with Gasteiger partial charge in [0.25, 0.3) is 0 Å². The molecule has 19 heavy (non-hydrogen) atoms. The topological polar surface area (TPSA) is 35.2 Å². The molecule has 2 aromatic rings. The summed E-state index contributed by atoms with van der Waals surface area (Å²) in [6, 6.07) is 12.2. The maximum atomic E-state index is 6.11. The second-order valence-corrected chi connectivity index (χ2v) is 5.73. The molecule has 3 rings (SSSR count). The van der Waals surface area contributed by atoms with E-state index in [0.29, 0.717) is 6.10 Å². The Morgan fingerprint density at radius 3 is 2.63 bits per heavy atom. The molecule has 1 aliphatic carbocycles. The van der Waals surface area contributed by atoms with Gasteiger partial charge in [-0.2, -0.15) is 0 Å². The highest BCUT2D eigenvalue weighted by Crippen LogP contribution is 2.30. The quantitative estimate of drug-likeness (QED) is 0.808. The Morgan fingerprint density at radius 1 is 1.05 bits per heavy atom. The SMILES string of the molecule is CC1CCC(Oc2ccc3cccc(N)c3c2)CC1. The van der Waals surface area contributed by atoms with Gasteiger partial charge in [-0.05, 0) is 55.2 Å². The molecule has 0 spiro atoms. The zero-order chi connectivity index (χ0) is 13.2. The van der Waals surface area contributed by atoms with E-state index in [1.165, 1.54) is 31.1 Å². The van der Waals surface area contributed by atoms with Gasteiger partial charge in [-0.15, -0.1) is 0 Å². The minimum Gasteiger partial charge on any atom is -0.490 e. The van der Waals surface area contributed by atoms with Crippen molar-refractivity contribution in [2.45, 2.75) is 38.7 Å². The molecule has 1 aliphatic rings. The Kier molecular flexibility index (Phi) is 3.33. The van der Waals surface area contributed by atoms with E-state index < -0.39 is 0 Å². The van der Waals surface area contributed by atoms with E-state index in [9.17, 15) is 0 Å². The van der Waals surface area contributed by atoms with Crippen LogP contribution >= 0.6 is 0 Å². The number of nitrogens with two attached hydrogens (primary N) is 1. The minimum atomic E-state index is 0.374. The largest absolute Gasteiger partial charge is 0.490 e. The van der Waals surface area contributed by atoms with Gasteiger partial charge in [-0.1, -0.05) is 25.1 Å².